The summed E-state index contributed by atoms with van der Waals surface area (Å²) in [6.07, 6.45) is -4.62. The minimum absolute atomic E-state index is 0.129. The first-order valence-corrected chi connectivity index (χ1v) is 9.93. The number of para-hydroxylation sites is 2. The summed E-state index contributed by atoms with van der Waals surface area (Å²) in [6.45, 7) is 3.20. The molecule has 33 heavy (non-hydrogen) atoms. The Balaban J connectivity index is 1.69. The van der Waals surface area contributed by atoms with Crippen LogP contribution in [0, 0.1) is 13.8 Å². The van der Waals surface area contributed by atoms with Crippen molar-refractivity contribution in [3.8, 4) is 5.75 Å². The minimum atomic E-state index is -4.62. The van der Waals surface area contributed by atoms with Gasteiger partial charge in [0.2, 0.25) is 5.91 Å². The predicted molar refractivity (Wildman–Crippen MR) is 114 cm³/mol. The first kappa shape index (κ1) is 23.8. The number of carbonyl (C=O) groups excluding carboxylic acids is 2. The van der Waals surface area contributed by atoms with E-state index in [1.54, 1.807) is 38.1 Å². The van der Waals surface area contributed by atoms with Crippen LogP contribution in [0.15, 0.2) is 53.1 Å². The molecule has 0 fully saturated rings. The first-order valence-electron chi connectivity index (χ1n) is 9.93. The molecule has 7 nitrogen and oxygen atoms in total. The zero-order valence-electron chi connectivity index (χ0n) is 18.2. The van der Waals surface area contributed by atoms with Gasteiger partial charge in [-0.2, -0.15) is 13.2 Å². The van der Waals surface area contributed by atoms with E-state index in [1.807, 2.05) is 0 Å². The standard InChI is InChI=1S/C23H22F3N3O4/c1-14-17(15(2)33-28-14)13-32-20-11-7-4-8-16(20)22(31)29(3)12-21(30)27-19-10-6-5-9-18(19)23(24,25)26/h4-11H,12-13H2,1-3H3,(H,27,30). The number of likely N-dealkylation sites (N-methyl/N-ethyl adjacent to an activating group) is 1. The number of benzene rings is 2. The van der Waals surface area contributed by atoms with Crippen molar-refractivity contribution in [1.29, 1.82) is 0 Å². The predicted octanol–water partition coefficient (Wildman–Crippen LogP) is 4.60. The van der Waals surface area contributed by atoms with Gasteiger partial charge in [-0.25, -0.2) is 0 Å². The Hall–Kier alpha value is -3.82. The number of alkyl halides is 3. The molecule has 1 N–H and O–H groups in total. The fourth-order valence-electron chi connectivity index (χ4n) is 3.15. The van der Waals surface area contributed by atoms with E-state index in [4.69, 9.17) is 9.26 Å². The normalized spacial score (nSPS) is 11.2. The summed E-state index contributed by atoms with van der Waals surface area (Å²) in [5.74, 6) is -0.401. The molecule has 0 aliphatic carbocycles. The highest BCUT2D eigenvalue weighted by Crippen LogP contribution is 2.34. The third-order valence-corrected chi connectivity index (χ3v) is 4.90. The number of amides is 2. The van der Waals surface area contributed by atoms with Gasteiger partial charge in [-0.1, -0.05) is 29.4 Å². The number of aromatic nitrogens is 1. The number of hydrogen-bond donors (Lipinski definition) is 1. The van der Waals surface area contributed by atoms with Crippen LogP contribution >= 0.6 is 0 Å². The van der Waals surface area contributed by atoms with Gasteiger partial charge in [0.15, 0.2) is 0 Å². The highest BCUT2D eigenvalue weighted by molar-refractivity contribution is 6.01. The fourth-order valence-corrected chi connectivity index (χ4v) is 3.15. The van der Waals surface area contributed by atoms with E-state index in [9.17, 15) is 22.8 Å². The molecular formula is C23H22F3N3O4. The van der Waals surface area contributed by atoms with Crippen molar-refractivity contribution in [2.45, 2.75) is 26.6 Å². The van der Waals surface area contributed by atoms with Crippen LogP contribution in [0.3, 0.4) is 0 Å². The lowest BCUT2D eigenvalue weighted by molar-refractivity contribution is -0.137. The molecule has 1 aromatic heterocycles. The zero-order valence-corrected chi connectivity index (χ0v) is 18.2. The molecule has 2 aromatic carbocycles. The highest BCUT2D eigenvalue weighted by Gasteiger charge is 2.33. The number of hydrogen-bond acceptors (Lipinski definition) is 5. The van der Waals surface area contributed by atoms with Crippen LogP contribution in [0.2, 0.25) is 0 Å². The number of nitrogens with one attached hydrogen (secondary N) is 1. The van der Waals surface area contributed by atoms with E-state index >= 15 is 0 Å². The first-order chi connectivity index (χ1) is 15.6. The Labute approximate surface area is 188 Å². The number of carbonyl (C=O) groups is 2. The number of nitrogens with zero attached hydrogens (tertiary/aromatic N) is 2. The molecule has 0 atom stereocenters. The van der Waals surface area contributed by atoms with Gasteiger partial charge in [-0.05, 0) is 38.1 Å². The molecule has 10 heteroatoms. The van der Waals surface area contributed by atoms with Crippen LogP contribution in [-0.4, -0.2) is 35.5 Å². The summed E-state index contributed by atoms with van der Waals surface area (Å²) in [5.41, 5.74) is 0.289. The molecule has 2 amide bonds. The van der Waals surface area contributed by atoms with Crippen LogP contribution in [0.4, 0.5) is 18.9 Å². The highest BCUT2D eigenvalue weighted by atomic mass is 19.4. The van der Waals surface area contributed by atoms with Gasteiger partial charge in [-0.3, -0.25) is 9.59 Å². The summed E-state index contributed by atoms with van der Waals surface area (Å²) in [6, 6.07) is 11.1. The van der Waals surface area contributed by atoms with Crippen molar-refractivity contribution in [2.24, 2.45) is 0 Å². The largest absolute Gasteiger partial charge is 0.488 e. The maximum atomic E-state index is 13.1. The summed E-state index contributed by atoms with van der Waals surface area (Å²) in [7, 11) is 1.38. The van der Waals surface area contributed by atoms with Crippen molar-refractivity contribution >= 4 is 17.5 Å². The SMILES string of the molecule is Cc1noc(C)c1COc1ccccc1C(=O)N(C)CC(=O)Nc1ccccc1C(F)(F)F. The second-order valence-electron chi connectivity index (χ2n) is 7.34. The lowest BCUT2D eigenvalue weighted by atomic mass is 10.1. The quantitative estimate of drug-likeness (QED) is 0.556. The van der Waals surface area contributed by atoms with Crippen LogP contribution in [0.25, 0.3) is 0 Å². The van der Waals surface area contributed by atoms with Crippen molar-refractivity contribution in [3.63, 3.8) is 0 Å². The second kappa shape index (κ2) is 9.76. The van der Waals surface area contributed by atoms with Crippen molar-refractivity contribution in [1.82, 2.24) is 10.1 Å². The molecular weight excluding hydrogens is 439 g/mol. The van der Waals surface area contributed by atoms with E-state index in [0.717, 1.165) is 22.6 Å². The summed E-state index contributed by atoms with van der Waals surface area (Å²) >= 11 is 0. The molecule has 174 valence electrons. The average molecular weight is 461 g/mol. The summed E-state index contributed by atoms with van der Waals surface area (Å²) < 4.78 is 50.3. The van der Waals surface area contributed by atoms with E-state index in [1.165, 1.54) is 19.2 Å². The molecule has 0 saturated heterocycles. The molecule has 0 unspecified atom stereocenters. The van der Waals surface area contributed by atoms with Gasteiger partial charge >= 0.3 is 6.18 Å². The molecule has 0 radical (unpaired) electrons. The van der Waals surface area contributed by atoms with Gasteiger partial charge in [0.25, 0.3) is 5.91 Å². The van der Waals surface area contributed by atoms with Crippen LogP contribution in [-0.2, 0) is 17.6 Å². The topological polar surface area (TPSA) is 84.7 Å². The maximum absolute atomic E-state index is 13.1. The lowest BCUT2D eigenvalue weighted by Crippen LogP contribution is -2.35. The maximum Gasteiger partial charge on any atom is 0.418 e. The van der Waals surface area contributed by atoms with Gasteiger partial charge in [-0.15, -0.1) is 0 Å². The van der Waals surface area contributed by atoms with Gasteiger partial charge in [0.05, 0.1) is 34.6 Å². The van der Waals surface area contributed by atoms with Crippen LogP contribution in [0.1, 0.15) is 32.9 Å². The molecule has 0 spiro atoms. The molecule has 0 aliphatic heterocycles. The van der Waals surface area contributed by atoms with E-state index in [2.05, 4.69) is 10.5 Å². The Kier molecular flexibility index (Phi) is 7.05. The van der Waals surface area contributed by atoms with Crippen molar-refractivity contribution in [3.05, 3.63) is 76.7 Å². The molecule has 0 aliphatic rings. The second-order valence-corrected chi connectivity index (χ2v) is 7.34. The Bertz CT molecular complexity index is 1140. The Morgan fingerprint density at radius 2 is 1.76 bits per heavy atom. The van der Waals surface area contributed by atoms with E-state index < -0.39 is 30.1 Å². The summed E-state index contributed by atoms with van der Waals surface area (Å²) in [5, 5.41) is 6.08. The number of anilines is 1. The minimum Gasteiger partial charge on any atom is -0.488 e. The fraction of sp³-hybridized carbons (Fsp3) is 0.261. The van der Waals surface area contributed by atoms with Crippen molar-refractivity contribution in [2.75, 3.05) is 18.9 Å². The molecule has 3 aromatic rings. The zero-order chi connectivity index (χ0) is 24.2. The van der Waals surface area contributed by atoms with E-state index in [-0.39, 0.29) is 23.6 Å². The number of rotatable bonds is 7. The molecule has 0 saturated carbocycles. The third-order valence-electron chi connectivity index (χ3n) is 4.90. The van der Waals surface area contributed by atoms with Crippen LogP contribution < -0.4 is 10.1 Å². The van der Waals surface area contributed by atoms with Gasteiger partial charge < -0.3 is 19.5 Å². The Morgan fingerprint density at radius 1 is 1.09 bits per heavy atom. The van der Waals surface area contributed by atoms with Gasteiger partial charge in [0, 0.05) is 7.05 Å². The molecule has 1 heterocycles. The molecule has 0 bridgehead atoms. The third kappa shape index (κ3) is 5.71. The van der Waals surface area contributed by atoms with Crippen LogP contribution in [0.5, 0.6) is 5.75 Å². The smallest absolute Gasteiger partial charge is 0.418 e. The summed E-state index contributed by atoms with van der Waals surface area (Å²) in [4.78, 5) is 26.4. The number of halogens is 3. The Morgan fingerprint density at radius 3 is 2.42 bits per heavy atom. The average Bonchev–Trinajstić information content (AvgIpc) is 3.08. The monoisotopic (exact) mass is 461 g/mol. The number of ether oxygens (including phenoxy) is 1. The number of aryl methyl sites for hydroxylation is 2. The molecule has 3 rings (SSSR count). The lowest BCUT2D eigenvalue weighted by Gasteiger charge is -2.20. The van der Waals surface area contributed by atoms with Gasteiger partial charge in [0.1, 0.15) is 18.1 Å². The van der Waals surface area contributed by atoms with Crippen molar-refractivity contribution < 1.29 is 32.0 Å². The van der Waals surface area contributed by atoms with E-state index in [0.29, 0.717) is 11.5 Å².